The van der Waals surface area contributed by atoms with E-state index in [9.17, 15) is 4.79 Å². The van der Waals surface area contributed by atoms with Crippen molar-refractivity contribution in [3.63, 3.8) is 0 Å². The maximum atomic E-state index is 12.9. The molecule has 1 aromatic heterocycles. The molecule has 0 bridgehead atoms. The van der Waals surface area contributed by atoms with E-state index in [0.29, 0.717) is 23.1 Å². The van der Waals surface area contributed by atoms with Crippen LogP contribution < -0.4 is 0 Å². The minimum atomic E-state index is 0.0301. The van der Waals surface area contributed by atoms with Gasteiger partial charge in [0.2, 0.25) is 0 Å². The van der Waals surface area contributed by atoms with Crippen LogP contribution in [0, 0.1) is 0 Å². The summed E-state index contributed by atoms with van der Waals surface area (Å²) < 4.78 is 0. The smallest absolute Gasteiger partial charge is 0.253 e. The summed E-state index contributed by atoms with van der Waals surface area (Å²) in [7, 11) is 0. The fourth-order valence-electron chi connectivity index (χ4n) is 5.51. The van der Waals surface area contributed by atoms with Gasteiger partial charge in [0.25, 0.3) is 5.91 Å². The molecule has 1 aliphatic heterocycles. The Morgan fingerprint density at radius 3 is 2.33 bits per heavy atom. The third kappa shape index (κ3) is 6.12. The summed E-state index contributed by atoms with van der Waals surface area (Å²) in [6, 6.07) is 24.4. The summed E-state index contributed by atoms with van der Waals surface area (Å²) in [4.78, 5) is 24.6. The maximum Gasteiger partial charge on any atom is 0.253 e. The molecule has 1 amide bonds. The lowest BCUT2D eigenvalue weighted by Crippen LogP contribution is -2.47. The van der Waals surface area contributed by atoms with Gasteiger partial charge >= 0.3 is 0 Å². The number of aromatic nitrogens is 1. The van der Waals surface area contributed by atoms with Crippen molar-refractivity contribution in [1.29, 1.82) is 0 Å². The number of nitrogens with zero attached hydrogens (tertiary/aromatic N) is 4. The lowest BCUT2D eigenvalue weighted by Gasteiger charge is -2.40. The first kappa shape index (κ1) is 27.6. The second-order valence-electron chi connectivity index (χ2n) is 9.97. The molecule has 4 aromatic rings. The highest BCUT2D eigenvalue weighted by molar-refractivity contribution is 6.35. The quantitative estimate of drug-likeness (QED) is 0.234. The Bertz CT molecular complexity index is 1420. The van der Waals surface area contributed by atoms with Crippen molar-refractivity contribution >= 4 is 40.0 Å². The fourth-order valence-corrected chi connectivity index (χ4v) is 5.98. The van der Waals surface area contributed by atoms with Crippen LogP contribution in [0.25, 0.3) is 10.9 Å². The van der Waals surface area contributed by atoms with Gasteiger partial charge in [-0.05, 0) is 55.3 Å². The molecule has 5 rings (SSSR count). The molecule has 1 fully saturated rings. The van der Waals surface area contributed by atoms with Crippen molar-refractivity contribution in [3.05, 3.63) is 111 Å². The van der Waals surface area contributed by atoms with Crippen LogP contribution in [-0.4, -0.2) is 64.9 Å². The monoisotopic (exact) mass is 560 g/mol. The lowest BCUT2D eigenvalue weighted by atomic mass is 9.93. The topological polar surface area (TPSA) is 39.7 Å². The van der Waals surface area contributed by atoms with Crippen LogP contribution in [0.2, 0.25) is 10.0 Å². The third-order valence-corrected chi connectivity index (χ3v) is 8.25. The minimum absolute atomic E-state index is 0.0301. The number of benzene rings is 3. The number of fused-ring (bicyclic) bond motifs is 1. The van der Waals surface area contributed by atoms with E-state index < -0.39 is 0 Å². The van der Waals surface area contributed by atoms with Gasteiger partial charge in [0.15, 0.2) is 0 Å². The first-order valence-electron chi connectivity index (χ1n) is 13.6. The number of rotatable bonds is 8. The molecule has 0 aliphatic carbocycles. The standard InChI is InChI=1S/C32H34Cl2N4O/c1-3-37(4-2)32(39)25-12-10-24(11-13-25)31(28-9-5-7-23-8-6-16-35-30(23)28)38-19-17-36(18-20-38)22-26-14-15-27(33)21-29(26)34/h5-16,21,31H,3-4,17-20,22H2,1-2H3. The number of amides is 1. The van der Waals surface area contributed by atoms with Crippen LogP contribution in [0.1, 0.15) is 46.9 Å². The van der Waals surface area contributed by atoms with Crippen molar-refractivity contribution in [2.75, 3.05) is 39.3 Å². The molecule has 39 heavy (non-hydrogen) atoms. The summed E-state index contributed by atoms with van der Waals surface area (Å²) >= 11 is 12.6. The second-order valence-corrected chi connectivity index (χ2v) is 10.8. The molecule has 0 radical (unpaired) electrons. The van der Waals surface area contributed by atoms with Gasteiger partial charge in [-0.3, -0.25) is 19.6 Å². The number of hydrogen-bond donors (Lipinski definition) is 0. The highest BCUT2D eigenvalue weighted by Crippen LogP contribution is 2.34. The van der Waals surface area contributed by atoms with E-state index >= 15 is 0 Å². The number of halogens is 2. The molecule has 1 atom stereocenters. The van der Waals surface area contributed by atoms with Gasteiger partial charge in [-0.15, -0.1) is 0 Å². The zero-order valence-electron chi connectivity index (χ0n) is 22.5. The van der Waals surface area contributed by atoms with Crippen molar-refractivity contribution < 1.29 is 4.79 Å². The second kappa shape index (κ2) is 12.5. The Morgan fingerprint density at radius 2 is 1.64 bits per heavy atom. The van der Waals surface area contributed by atoms with E-state index in [1.54, 1.807) is 0 Å². The summed E-state index contributed by atoms with van der Waals surface area (Å²) in [6.45, 7) is 9.88. The molecule has 1 unspecified atom stereocenters. The Balaban J connectivity index is 1.42. The van der Waals surface area contributed by atoms with Crippen molar-refractivity contribution in [1.82, 2.24) is 19.7 Å². The summed E-state index contributed by atoms with van der Waals surface area (Å²) in [5.41, 5.74) is 5.19. The molecule has 1 saturated heterocycles. The number of piperazine rings is 1. The Labute approximate surface area is 241 Å². The van der Waals surface area contributed by atoms with E-state index in [1.165, 1.54) is 11.1 Å². The van der Waals surface area contributed by atoms with Crippen molar-refractivity contribution in [3.8, 4) is 0 Å². The molecule has 0 N–H and O–H groups in total. The maximum absolute atomic E-state index is 12.9. The highest BCUT2D eigenvalue weighted by atomic mass is 35.5. The number of para-hydroxylation sites is 1. The summed E-state index contributed by atoms with van der Waals surface area (Å²) in [6.07, 6.45) is 1.86. The Morgan fingerprint density at radius 1 is 0.923 bits per heavy atom. The number of pyridine rings is 1. The van der Waals surface area contributed by atoms with Gasteiger partial charge in [-0.1, -0.05) is 65.7 Å². The molecule has 1 aliphatic rings. The van der Waals surface area contributed by atoms with E-state index in [0.717, 1.165) is 54.8 Å². The Kier molecular flexibility index (Phi) is 8.83. The van der Waals surface area contributed by atoms with E-state index in [4.69, 9.17) is 28.2 Å². The van der Waals surface area contributed by atoms with Crippen LogP contribution in [0.3, 0.4) is 0 Å². The van der Waals surface area contributed by atoms with Crippen molar-refractivity contribution in [2.45, 2.75) is 26.4 Å². The summed E-state index contributed by atoms with van der Waals surface area (Å²) in [5, 5.41) is 2.50. The third-order valence-electron chi connectivity index (χ3n) is 7.66. The van der Waals surface area contributed by atoms with Gasteiger partial charge in [0.05, 0.1) is 11.6 Å². The number of carbonyl (C=O) groups is 1. The molecule has 0 spiro atoms. The van der Waals surface area contributed by atoms with Gasteiger partial charge in [-0.2, -0.15) is 0 Å². The molecule has 3 aromatic carbocycles. The minimum Gasteiger partial charge on any atom is -0.339 e. The van der Waals surface area contributed by atoms with Gasteiger partial charge in [-0.25, -0.2) is 0 Å². The van der Waals surface area contributed by atoms with E-state index in [2.05, 4.69) is 46.2 Å². The highest BCUT2D eigenvalue weighted by Gasteiger charge is 2.28. The molecular formula is C32H34Cl2N4O. The lowest BCUT2D eigenvalue weighted by molar-refractivity contribution is 0.0773. The number of carbonyl (C=O) groups excluding carboxylic acids is 1. The summed E-state index contributed by atoms with van der Waals surface area (Å²) in [5.74, 6) is 0.0735. The van der Waals surface area contributed by atoms with Crippen LogP contribution in [0.5, 0.6) is 0 Å². The predicted molar refractivity (Wildman–Crippen MR) is 161 cm³/mol. The SMILES string of the molecule is CCN(CC)C(=O)c1ccc(C(c2cccc3cccnc23)N2CCN(Cc3ccc(Cl)cc3Cl)CC2)cc1. The molecular weight excluding hydrogens is 527 g/mol. The van der Waals surface area contributed by atoms with Crippen LogP contribution in [-0.2, 0) is 6.54 Å². The van der Waals surface area contributed by atoms with E-state index in [1.807, 2.05) is 61.3 Å². The Hall–Kier alpha value is -2.96. The number of hydrogen-bond acceptors (Lipinski definition) is 4. The molecule has 7 heteroatoms. The zero-order valence-corrected chi connectivity index (χ0v) is 24.0. The van der Waals surface area contributed by atoms with Gasteiger partial charge < -0.3 is 4.90 Å². The fraction of sp³-hybridized carbons (Fsp3) is 0.312. The zero-order chi connectivity index (χ0) is 27.4. The molecule has 0 saturated carbocycles. The van der Waals surface area contributed by atoms with Gasteiger partial charge in [0.1, 0.15) is 0 Å². The van der Waals surface area contributed by atoms with E-state index in [-0.39, 0.29) is 11.9 Å². The average molecular weight is 562 g/mol. The molecule has 202 valence electrons. The first-order chi connectivity index (χ1) is 19.0. The first-order valence-corrected chi connectivity index (χ1v) is 14.4. The average Bonchev–Trinajstić information content (AvgIpc) is 2.96. The largest absolute Gasteiger partial charge is 0.339 e. The molecule has 2 heterocycles. The van der Waals surface area contributed by atoms with Crippen LogP contribution >= 0.6 is 23.2 Å². The van der Waals surface area contributed by atoms with Crippen LogP contribution in [0.4, 0.5) is 0 Å². The predicted octanol–water partition coefficient (Wildman–Crippen LogP) is 6.93. The molecule has 5 nitrogen and oxygen atoms in total. The normalized spacial score (nSPS) is 15.4. The van der Waals surface area contributed by atoms with Crippen molar-refractivity contribution in [2.24, 2.45) is 0 Å². The van der Waals surface area contributed by atoms with Crippen LogP contribution in [0.15, 0.2) is 79.0 Å². The van der Waals surface area contributed by atoms with Gasteiger partial charge in [0, 0.05) is 78.6 Å².